The third kappa shape index (κ3) is 5.74. The fraction of sp³-hybridized carbons (Fsp3) is 0.231. The molecule has 2 amide bonds. The van der Waals surface area contributed by atoms with Crippen molar-refractivity contribution in [3.05, 3.63) is 95.1 Å². The number of primary amides is 1. The number of nitrogens with two attached hydrogens (primary N) is 1. The zero-order valence-corrected chi connectivity index (χ0v) is 17.9. The SMILES string of the molecule is NC(=O)c1ccc(Oc2ccc(C(=O)NCc3ccc(CN4CCCC4)cc3)cc2)cc1. The van der Waals surface area contributed by atoms with Crippen molar-refractivity contribution in [3.8, 4) is 11.5 Å². The average molecular weight is 430 g/mol. The van der Waals surface area contributed by atoms with Gasteiger partial charge in [0.2, 0.25) is 5.91 Å². The number of rotatable bonds is 8. The van der Waals surface area contributed by atoms with Crippen molar-refractivity contribution >= 4 is 11.8 Å². The molecular weight excluding hydrogens is 402 g/mol. The monoisotopic (exact) mass is 429 g/mol. The van der Waals surface area contributed by atoms with Gasteiger partial charge < -0.3 is 15.8 Å². The Bertz CT molecular complexity index is 1050. The van der Waals surface area contributed by atoms with Crippen LogP contribution in [0.2, 0.25) is 0 Å². The predicted molar refractivity (Wildman–Crippen MR) is 124 cm³/mol. The maximum absolute atomic E-state index is 12.5. The first-order valence-electron chi connectivity index (χ1n) is 10.8. The number of benzene rings is 3. The normalized spacial score (nSPS) is 13.6. The molecule has 0 unspecified atom stereocenters. The van der Waals surface area contributed by atoms with Crippen LogP contribution in [0.4, 0.5) is 0 Å². The van der Waals surface area contributed by atoms with E-state index >= 15 is 0 Å². The second-order valence-electron chi connectivity index (χ2n) is 8.00. The molecule has 6 nitrogen and oxygen atoms in total. The highest BCUT2D eigenvalue weighted by Crippen LogP contribution is 2.22. The Morgan fingerprint density at radius 2 is 1.31 bits per heavy atom. The molecule has 3 aromatic rings. The van der Waals surface area contributed by atoms with Gasteiger partial charge in [0.25, 0.3) is 5.91 Å². The van der Waals surface area contributed by atoms with Gasteiger partial charge in [-0.25, -0.2) is 0 Å². The quantitative estimate of drug-likeness (QED) is 0.565. The van der Waals surface area contributed by atoms with E-state index in [1.54, 1.807) is 48.5 Å². The third-order valence-corrected chi connectivity index (χ3v) is 5.57. The first-order chi connectivity index (χ1) is 15.6. The molecular formula is C26H27N3O3. The molecule has 0 saturated carbocycles. The largest absolute Gasteiger partial charge is 0.457 e. The van der Waals surface area contributed by atoms with Gasteiger partial charge in [-0.2, -0.15) is 0 Å². The summed E-state index contributed by atoms with van der Waals surface area (Å²) in [5.41, 5.74) is 8.60. The van der Waals surface area contributed by atoms with Crippen molar-refractivity contribution in [1.82, 2.24) is 10.2 Å². The van der Waals surface area contributed by atoms with Crippen LogP contribution >= 0.6 is 0 Å². The molecule has 0 radical (unpaired) electrons. The minimum atomic E-state index is -0.482. The van der Waals surface area contributed by atoms with Crippen LogP contribution in [0.25, 0.3) is 0 Å². The van der Waals surface area contributed by atoms with Gasteiger partial charge in [-0.1, -0.05) is 24.3 Å². The van der Waals surface area contributed by atoms with Crippen molar-refractivity contribution < 1.29 is 14.3 Å². The maximum Gasteiger partial charge on any atom is 0.251 e. The van der Waals surface area contributed by atoms with E-state index in [0.717, 1.165) is 12.1 Å². The first-order valence-corrected chi connectivity index (χ1v) is 10.8. The molecule has 0 spiro atoms. The summed E-state index contributed by atoms with van der Waals surface area (Å²) in [6.07, 6.45) is 2.59. The van der Waals surface area contributed by atoms with E-state index in [-0.39, 0.29) is 5.91 Å². The zero-order chi connectivity index (χ0) is 22.3. The summed E-state index contributed by atoms with van der Waals surface area (Å²) in [4.78, 5) is 26.1. The van der Waals surface area contributed by atoms with E-state index in [9.17, 15) is 9.59 Å². The number of carbonyl (C=O) groups excluding carboxylic acids is 2. The van der Waals surface area contributed by atoms with Crippen LogP contribution in [0.5, 0.6) is 11.5 Å². The molecule has 3 N–H and O–H groups in total. The molecule has 0 atom stereocenters. The van der Waals surface area contributed by atoms with Gasteiger partial charge in [-0.05, 0) is 85.6 Å². The van der Waals surface area contributed by atoms with Crippen LogP contribution in [0.3, 0.4) is 0 Å². The predicted octanol–water partition coefficient (Wildman–Crippen LogP) is 4.10. The fourth-order valence-corrected chi connectivity index (χ4v) is 3.74. The van der Waals surface area contributed by atoms with Crippen LogP contribution in [-0.2, 0) is 13.1 Å². The van der Waals surface area contributed by atoms with Gasteiger partial charge in [0.15, 0.2) is 0 Å². The Balaban J connectivity index is 1.27. The summed E-state index contributed by atoms with van der Waals surface area (Å²) >= 11 is 0. The third-order valence-electron chi connectivity index (χ3n) is 5.57. The van der Waals surface area contributed by atoms with Crippen LogP contribution in [0, 0.1) is 0 Å². The molecule has 4 rings (SSSR count). The number of nitrogens with one attached hydrogen (secondary N) is 1. The van der Waals surface area contributed by atoms with E-state index < -0.39 is 5.91 Å². The smallest absolute Gasteiger partial charge is 0.251 e. The highest BCUT2D eigenvalue weighted by atomic mass is 16.5. The van der Waals surface area contributed by atoms with Crippen LogP contribution in [0.1, 0.15) is 44.7 Å². The Hall–Kier alpha value is -3.64. The summed E-state index contributed by atoms with van der Waals surface area (Å²) < 4.78 is 5.75. The van der Waals surface area contributed by atoms with Gasteiger partial charge in [-0.15, -0.1) is 0 Å². The first kappa shape index (κ1) is 21.6. The number of ether oxygens (including phenoxy) is 1. The van der Waals surface area contributed by atoms with E-state index in [1.807, 2.05) is 0 Å². The van der Waals surface area contributed by atoms with Gasteiger partial charge in [0.05, 0.1) is 0 Å². The maximum atomic E-state index is 12.5. The number of likely N-dealkylation sites (tertiary alicyclic amines) is 1. The van der Waals surface area contributed by atoms with Crippen LogP contribution in [0.15, 0.2) is 72.8 Å². The van der Waals surface area contributed by atoms with Crippen LogP contribution in [-0.4, -0.2) is 29.8 Å². The second-order valence-corrected chi connectivity index (χ2v) is 8.00. The lowest BCUT2D eigenvalue weighted by atomic mass is 10.1. The standard InChI is InChI=1S/C26H27N3O3/c27-25(30)21-7-11-23(12-8-21)32-24-13-9-22(10-14-24)26(31)28-17-19-3-5-20(6-4-19)18-29-15-1-2-16-29/h3-14H,1-2,15-18H2,(H2,27,30)(H,28,31). The van der Waals surface area contributed by atoms with Crippen molar-refractivity contribution in [2.24, 2.45) is 5.73 Å². The Labute approximate surface area is 188 Å². The molecule has 1 saturated heterocycles. The second kappa shape index (κ2) is 10.1. The summed E-state index contributed by atoms with van der Waals surface area (Å²) in [6.45, 7) is 3.84. The summed E-state index contributed by atoms with van der Waals surface area (Å²) in [7, 11) is 0. The Morgan fingerprint density at radius 3 is 1.88 bits per heavy atom. The summed E-state index contributed by atoms with van der Waals surface area (Å²) in [6, 6.07) is 21.9. The number of hydrogen-bond donors (Lipinski definition) is 2. The van der Waals surface area contributed by atoms with Gasteiger partial charge in [0.1, 0.15) is 11.5 Å². The lowest BCUT2D eigenvalue weighted by Gasteiger charge is -2.14. The molecule has 32 heavy (non-hydrogen) atoms. The van der Waals surface area contributed by atoms with Crippen molar-refractivity contribution in [1.29, 1.82) is 0 Å². The van der Waals surface area contributed by atoms with Gasteiger partial charge in [0, 0.05) is 24.2 Å². The summed E-state index contributed by atoms with van der Waals surface area (Å²) in [5, 5.41) is 2.96. The molecule has 1 aliphatic heterocycles. The van der Waals surface area contributed by atoms with Crippen molar-refractivity contribution in [2.75, 3.05) is 13.1 Å². The lowest BCUT2D eigenvalue weighted by Crippen LogP contribution is -2.22. The number of nitrogens with zero attached hydrogens (tertiary/aromatic N) is 1. The Morgan fingerprint density at radius 1 is 0.781 bits per heavy atom. The summed E-state index contributed by atoms with van der Waals surface area (Å²) in [5.74, 6) is 0.566. The number of hydrogen-bond acceptors (Lipinski definition) is 4. The molecule has 6 heteroatoms. The van der Waals surface area contributed by atoms with E-state index in [4.69, 9.17) is 10.5 Å². The minimum absolute atomic E-state index is 0.136. The molecule has 1 aliphatic rings. The number of amides is 2. The fourth-order valence-electron chi connectivity index (χ4n) is 3.74. The molecule has 0 aromatic heterocycles. The van der Waals surface area contributed by atoms with Gasteiger partial charge in [-0.3, -0.25) is 14.5 Å². The molecule has 0 bridgehead atoms. The van der Waals surface area contributed by atoms with E-state index in [0.29, 0.717) is 29.2 Å². The molecule has 0 aliphatic carbocycles. The van der Waals surface area contributed by atoms with Crippen molar-refractivity contribution in [2.45, 2.75) is 25.9 Å². The van der Waals surface area contributed by atoms with Crippen molar-refractivity contribution in [3.63, 3.8) is 0 Å². The van der Waals surface area contributed by atoms with E-state index in [2.05, 4.69) is 34.5 Å². The zero-order valence-electron chi connectivity index (χ0n) is 17.9. The van der Waals surface area contributed by atoms with E-state index in [1.165, 1.54) is 31.5 Å². The molecule has 164 valence electrons. The van der Waals surface area contributed by atoms with Gasteiger partial charge >= 0.3 is 0 Å². The highest BCUT2D eigenvalue weighted by molar-refractivity contribution is 5.94. The average Bonchev–Trinajstić information content (AvgIpc) is 3.32. The molecule has 3 aromatic carbocycles. The highest BCUT2D eigenvalue weighted by Gasteiger charge is 2.12. The molecule has 1 fully saturated rings. The molecule has 1 heterocycles. The topological polar surface area (TPSA) is 84.7 Å². The van der Waals surface area contributed by atoms with Crippen LogP contribution < -0.4 is 15.8 Å². The minimum Gasteiger partial charge on any atom is -0.457 e. The lowest BCUT2D eigenvalue weighted by molar-refractivity contribution is 0.0949. The Kier molecular flexibility index (Phi) is 6.82. The number of carbonyl (C=O) groups is 2.